The van der Waals surface area contributed by atoms with Crippen molar-refractivity contribution in [2.75, 3.05) is 7.11 Å². The quantitative estimate of drug-likeness (QED) is 0.545. The number of methoxy groups -OCH3 is 1. The number of aromatic nitrogens is 1. The van der Waals surface area contributed by atoms with Gasteiger partial charge in [0.15, 0.2) is 0 Å². The van der Waals surface area contributed by atoms with Crippen LogP contribution in [-0.2, 0) is 0 Å². The molecule has 106 valence electrons. The van der Waals surface area contributed by atoms with Gasteiger partial charge in [0.2, 0.25) is 0 Å². The summed E-state index contributed by atoms with van der Waals surface area (Å²) in [5, 5.41) is 0.977. The third-order valence-electron chi connectivity index (χ3n) is 3.00. The third kappa shape index (κ3) is 2.87. The van der Waals surface area contributed by atoms with Crippen LogP contribution < -0.4 is 9.47 Å². The molecule has 0 N–H and O–H groups in total. The van der Waals surface area contributed by atoms with E-state index in [1.54, 1.807) is 54.8 Å². The monoisotopic (exact) mass is 299 g/mol. The van der Waals surface area contributed by atoms with E-state index in [4.69, 9.17) is 9.47 Å². The summed E-state index contributed by atoms with van der Waals surface area (Å²) in [6.45, 7) is 1.94. The molecular formula is C16H13NO3S. The van der Waals surface area contributed by atoms with Crippen molar-refractivity contribution in [2.45, 2.75) is 6.92 Å². The topological polar surface area (TPSA) is 48.4 Å². The highest BCUT2D eigenvalue weighted by Gasteiger charge is 2.11. The second kappa shape index (κ2) is 5.54. The van der Waals surface area contributed by atoms with Gasteiger partial charge in [-0.2, -0.15) is 0 Å². The first-order valence-electron chi connectivity index (χ1n) is 6.39. The summed E-state index contributed by atoms with van der Waals surface area (Å²) in [6, 6.07) is 12.3. The molecule has 3 rings (SSSR count). The molecule has 4 nitrogen and oxygen atoms in total. The zero-order valence-corrected chi connectivity index (χ0v) is 12.4. The third-order valence-corrected chi connectivity index (χ3v) is 3.95. The van der Waals surface area contributed by atoms with Crippen LogP contribution in [0, 0.1) is 6.92 Å². The van der Waals surface area contributed by atoms with Gasteiger partial charge in [-0.15, -0.1) is 11.3 Å². The van der Waals surface area contributed by atoms with Gasteiger partial charge in [-0.05, 0) is 49.4 Å². The molecule has 1 heterocycles. The number of aryl methyl sites for hydroxylation is 1. The van der Waals surface area contributed by atoms with Crippen LogP contribution in [-0.4, -0.2) is 18.1 Å². The van der Waals surface area contributed by atoms with E-state index in [0.717, 1.165) is 15.2 Å². The van der Waals surface area contributed by atoms with E-state index in [0.29, 0.717) is 17.1 Å². The van der Waals surface area contributed by atoms with Gasteiger partial charge in [0.1, 0.15) is 11.5 Å². The molecule has 0 amide bonds. The van der Waals surface area contributed by atoms with Gasteiger partial charge < -0.3 is 9.47 Å². The lowest BCUT2D eigenvalue weighted by Gasteiger charge is -2.05. The van der Waals surface area contributed by atoms with Crippen molar-refractivity contribution in [3.05, 3.63) is 53.0 Å². The molecule has 0 saturated carbocycles. The van der Waals surface area contributed by atoms with E-state index in [1.165, 1.54) is 0 Å². The maximum absolute atomic E-state index is 12.1. The summed E-state index contributed by atoms with van der Waals surface area (Å²) in [5.41, 5.74) is 1.31. The second-order valence-electron chi connectivity index (χ2n) is 4.48. The first-order valence-corrected chi connectivity index (χ1v) is 7.21. The highest BCUT2D eigenvalue weighted by atomic mass is 32.1. The number of rotatable bonds is 3. The molecule has 0 aliphatic rings. The highest BCUT2D eigenvalue weighted by Crippen LogP contribution is 2.23. The summed E-state index contributed by atoms with van der Waals surface area (Å²) in [5.74, 6) is 0.803. The van der Waals surface area contributed by atoms with Gasteiger partial charge in [0.05, 0.1) is 27.9 Å². The van der Waals surface area contributed by atoms with Gasteiger partial charge in [-0.1, -0.05) is 0 Å². The lowest BCUT2D eigenvalue weighted by Crippen LogP contribution is -2.08. The summed E-state index contributed by atoms with van der Waals surface area (Å²) < 4.78 is 11.5. The van der Waals surface area contributed by atoms with Crippen LogP contribution in [0.2, 0.25) is 0 Å². The van der Waals surface area contributed by atoms with Gasteiger partial charge in [0, 0.05) is 0 Å². The summed E-state index contributed by atoms with van der Waals surface area (Å²) >= 11 is 1.60. The lowest BCUT2D eigenvalue weighted by atomic mass is 10.2. The van der Waals surface area contributed by atoms with Crippen molar-refractivity contribution >= 4 is 27.5 Å². The van der Waals surface area contributed by atoms with Gasteiger partial charge in [-0.3, -0.25) is 0 Å². The molecule has 3 aromatic rings. The number of fused-ring (bicyclic) bond motifs is 1. The van der Waals surface area contributed by atoms with E-state index in [2.05, 4.69) is 4.98 Å². The minimum absolute atomic E-state index is 0.396. The smallest absolute Gasteiger partial charge is 0.343 e. The number of hydrogen-bond acceptors (Lipinski definition) is 5. The summed E-state index contributed by atoms with van der Waals surface area (Å²) in [4.78, 5) is 16.5. The van der Waals surface area contributed by atoms with E-state index in [9.17, 15) is 4.79 Å². The molecule has 0 atom stereocenters. The van der Waals surface area contributed by atoms with Crippen LogP contribution in [0.15, 0.2) is 42.5 Å². The molecular weight excluding hydrogens is 286 g/mol. The zero-order valence-electron chi connectivity index (χ0n) is 11.6. The SMILES string of the molecule is COc1ccc(OC(=O)c2ccc3sc(C)nc3c2)cc1. The molecule has 2 aromatic carbocycles. The minimum Gasteiger partial charge on any atom is -0.497 e. The Balaban J connectivity index is 1.82. The maximum atomic E-state index is 12.1. The molecule has 0 spiro atoms. The van der Waals surface area contributed by atoms with E-state index < -0.39 is 5.97 Å². The van der Waals surface area contributed by atoms with Crippen LogP contribution in [0.4, 0.5) is 0 Å². The Labute approximate surface area is 126 Å². The molecule has 21 heavy (non-hydrogen) atoms. The Morgan fingerprint density at radius 2 is 1.81 bits per heavy atom. The summed E-state index contributed by atoms with van der Waals surface area (Å²) in [7, 11) is 1.59. The number of carbonyl (C=O) groups is 1. The van der Waals surface area contributed by atoms with Crippen molar-refractivity contribution in [3.63, 3.8) is 0 Å². The van der Waals surface area contributed by atoms with E-state index >= 15 is 0 Å². The van der Waals surface area contributed by atoms with Crippen molar-refractivity contribution in [1.29, 1.82) is 0 Å². The number of thiazole rings is 1. The van der Waals surface area contributed by atoms with Crippen LogP contribution in [0.5, 0.6) is 11.5 Å². The van der Waals surface area contributed by atoms with E-state index in [1.807, 2.05) is 13.0 Å². The Bertz CT molecular complexity index is 793. The summed E-state index contributed by atoms with van der Waals surface area (Å²) in [6.07, 6.45) is 0. The molecule has 0 radical (unpaired) electrons. The zero-order chi connectivity index (χ0) is 14.8. The molecule has 1 aromatic heterocycles. The maximum Gasteiger partial charge on any atom is 0.343 e. The number of ether oxygens (including phenoxy) is 2. The lowest BCUT2D eigenvalue weighted by molar-refractivity contribution is 0.0735. The first-order chi connectivity index (χ1) is 10.2. The van der Waals surface area contributed by atoms with Crippen molar-refractivity contribution < 1.29 is 14.3 Å². The predicted molar refractivity (Wildman–Crippen MR) is 82.3 cm³/mol. The largest absolute Gasteiger partial charge is 0.497 e. The van der Waals surface area contributed by atoms with Gasteiger partial charge in [0.25, 0.3) is 0 Å². The minimum atomic E-state index is -0.396. The van der Waals surface area contributed by atoms with Crippen molar-refractivity contribution in [2.24, 2.45) is 0 Å². The number of benzene rings is 2. The molecule has 0 unspecified atom stereocenters. The van der Waals surface area contributed by atoms with Crippen LogP contribution in [0.1, 0.15) is 15.4 Å². The van der Waals surface area contributed by atoms with Crippen LogP contribution in [0.25, 0.3) is 10.2 Å². The fourth-order valence-electron chi connectivity index (χ4n) is 1.98. The highest BCUT2D eigenvalue weighted by molar-refractivity contribution is 7.18. The first kappa shape index (κ1) is 13.6. The van der Waals surface area contributed by atoms with E-state index in [-0.39, 0.29) is 0 Å². The van der Waals surface area contributed by atoms with Gasteiger partial charge >= 0.3 is 5.97 Å². The normalized spacial score (nSPS) is 10.6. The number of carbonyl (C=O) groups excluding carboxylic acids is 1. The Hall–Kier alpha value is -2.40. The Kier molecular flexibility index (Phi) is 3.58. The van der Waals surface area contributed by atoms with Gasteiger partial charge in [-0.25, -0.2) is 9.78 Å². The Morgan fingerprint density at radius 3 is 2.52 bits per heavy atom. The van der Waals surface area contributed by atoms with Crippen molar-refractivity contribution in [3.8, 4) is 11.5 Å². The average molecular weight is 299 g/mol. The molecule has 0 aliphatic heterocycles. The molecule has 5 heteroatoms. The number of nitrogens with zero attached hydrogens (tertiary/aromatic N) is 1. The molecule has 0 saturated heterocycles. The average Bonchev–Trinajstić information content (AvgIpc) is 2.87. The fourth-order valence-corrected chi connectivity index (χ4v) is 2.79. The number of hydrogen-bond donors (Lipinski definition) is 0. The standard InChI is InChI=1S/C16H13NO3S/c1-10-17-14-9-11(3-8-15(14)21-10)16(18)20-13-6-4-12(19-2)5-7-13/h3-9H,1-2H3. The second-order valence-corrected chi connectivity index (χ2v) is 5.72. The van der Waals surface area contributed by atoms with Crippen molar-refractivity contribution in [1.82, 2.24) is 4.98 Å². The molecule has 0 fully saturated rings. The predicted octanol–water partition coefficient (Wildman–Crippen LogP) is 3.83. The van der Waals surface area contributed by atoms with Crippen LogP contribution >= 0.6 is 11.3 Å². The van der Waals surface area contributed by atoms with Crippen LogP contribution in [0.3, 0.4) is 0 Å². The molecule has 0 bridgehead atoms. The molecule has 0 aliphatic carbocycles. The fraction of sp³-hybridized carbons (Fsp3) is 0.125. The Morgan fingerprint density at radius 1 is 1.10 bits per heavy atom. The number of esters is 1.